The fourth-order valence-corrected chi connectivity index (χ4v) is 1.91. The molecule has 2 aromatic rings. The maximum absolute atomic E-state index is 5.99. The molecular formula is C12H16ClN5O. The quantitative estimate of drug-likeness (QED) is 0.894. The second-order valence-electron chi connectivity index (χ2n) is 4.42. The minimum Gasteiger partial charge on any atom is -0.485 e. The third-order valence-corrected chi connectivity index (χ3v) is 2.71. The minimum atomic E-state index is 0.0375. The Bertz CT molecular complexity index is 555. The van der Waals surface area contributed by atoms with Gasteiger partial charge in [0.25, 0.3) is 0 Å². The average molecular weight is 282 g/mol. The number of halogens is 1. The van der Waals surface area contributed by atoms with Crippen molar-refractivity contribution < 1.29 is 4.74 Å². The number of nitrogens with two attached hydrogens (primary N) is 1. The molecule has 0 bridgehead atoms. The topological polar surface area (TPSA) is 78.9 Å². The first-order chi connectivity index (χ1) is 9.04. The number of rotatable bonds is 5. The molecule has 1 atom stereocenters. The van der Waals surface area contributed by atoms with Gasteiger partial charge in [0.05, 0.1) is 7.05 Å². The molecule has 0 saturated heterocycles. The fraction of sp³-hybridized carbons (Fsp3) is 0.417. The van der Waals surface area contributed by atoms with E-state index in [1.54, 1.807) is 13.1 Å². The first kappa shape index (κ1) is 13.8. The summed E-state index contributed by atoms with van der Waals surface area (Å²) in [6.45, 7) is 2.20. The highest BCUT2D eigenvalue weighted by atomic mass is 35.5. The standard InChI is InChI=1S/C12H16ClN5O/c1-8(14)5-9-6-10(13)3-4-11(9)19-7-12-15-17-18(2)16-12/h3-4,6,8H,5,7,14H2,1-2H3. The number of aromatic nitrogens is 4. The summed E-state index contributed by atoms with van der Waals surface area (Å²) in [7, 11) is 1.71. The lowest BCUT2D eigenvalue weighted by Gasteiger charge is -2.12. The van der Waals surface area contributed by atoms with Gasteiger partial charge in [0.2, 0.25) is 5.82 Å². The van der Waals surface area contributed by atoms with E-state index in [0.29, 0.717) is 17.3 Å². The summed E-state index contributed by atoms with van der Waals surface area (Å²) in [4.78, 5) is 1.39. The second-order valence-corrected chi connectivity index (χ2v) is 4.85. The van der Waals surface area contributed by atoms with E-state index in [-0.39, 0.29) is 12.6 Å². The van der Waals surface area contributed by atoms with Crippen molar-refractivity contribution >= 4 is 11.6 Å². The molecule has 0 aliphatic carbocycles. The molecule has 0 aliphatic rings. The minimum absolute atomic E-state index is 0.0375. The molecule has 2 N–H and O–H groups in total. The van der Waals surface area contributed by atoms with E-state index in [0.717, 1.165) is 11.3 Å². The van der Waals surface area contributed by atoms with Crippen LogP contribution in [0.25, 0.3) is 0 Å². The van der Waals surface area contributed by atoms with E-state index >= 15 is 0 Å². The van der Waals surface area contributed by atoms with Crippen LogP contribution in [0.5, 0.6) is 5.75 Å². The highest BCUT2D eigenvalue weighted by Gasteiger charge is 2.09. The molecule has 2 rings (SSSR count). The molecule has 0 spiro atoms. The Morgan fingerprint density at radius 2 is 2.26 bits per heavy atom. The largest absolute Gasteiger partial charge is 0.485 e. The predicted octanol–water partition coefficient (Wildman–Crippen LogP) is 1.33. The number of aryl methyl sites for hydroxylation is 1. The molecule has 0 radical (unpaired) electrons. The molecule has 1 aromatic heterocycles. The third kappa shape index (κ3) is 3.90. The molecular weight excluding hydrogens is 266 g/mol. The summed E-state index contributed by atoms with van der Waals surface area (Å²) in [6, 6.07) is 5.52. The van der Waals surface area contributed by atoms with Crippen molar-refractivity contribution in [2.24, 2.45) is 12.8 Å². The zero-order chi connectivity index (χ0) is 13.8. The number of nitrogens with zero attached hydrogens (tertiary/aromatic N) is 4. The molecule has 1 heterocycles. The smallest absolute Gasteiger partial charge is 0.212 e. The van der Waals surface area contributed by atoms with E-state index < -0.39 is 0 Å². The maximum atomic E-state index is 5.99. The van der Waals surface area contributed by atoms with E-state index in [1.165, 1.54) is 4.80 Å². The van der Waals surface area contributed by atoms with Crippen molar-refractivity contribution in [3.63, 3.8) is 0 Å². The lowest BCUT2D eigenvalue weighted by Crippen LogP contribution is -2.18. The molecule has 0 amide bonds. The number of ether oxygens (including phenoxy) is 1. The van der Waals surface area contributed by atoms with Gasteiger partial charge in [0.15, 0.2) is 6.61 Å². The number of hydrogen-bond acceptors (Lipinski definition) is 5. The molecule has 1 aromatic carbocycles. The van der Waals surface area contributed by atoms with Gasteiger partial charge in [0, 0.05) is 11.1 Å². The van der Waals surface area contributed by atoms with Gasteiger partial charge < -0.3 is 10.5 Å². The van der Waals surface area contributed by atoms with Crippen LogP contribution in [0.3, 0.4) is 0 Å². The molecule has 6 nitrogen and oxygen atoms in total. The van der Waals surface area contributed by atoms with Crippen molar-refractivity contribution in [2.75, 3.05) is 0 Å². The highest BCUT2D eigenvalue weighted by Crippen LogP contribution is 2.24. The van der Waals surface area contributed by atoms with E-state index in [1.807, 2.05) is 19.1 Å². The Morgan fingerprint density at radius 3 is 2.89 bits per heavy atom. The van der Waals surface area contributed by atoms with Crippen LogP contribution < -0.4 is 10.5 Å². The Morgan fingerprint density at radius 1 is 1.47 bits per heavy atom. The van der Waals surface area contributed by atoms with Crippen molar-refractivity contribution in [3.8, 4) is 5.75 Å². The molecule has 1 unspecified atom stereocenters. The van der Waals surface area contributed by atoms with Crippen LogP contribution in [0.15, 0.2) is 18.2 Å². The summed E-state index contributed by atoms with van der Waals surface area (Å²) in [5.74, 6) is 1.28. The number of hydrogen-bond donors (Lipinski definition) is 1. The lowest BCUT2D eigenvalue weighted by atomic mass is 10.1. The van der Waals surface area contributed by atoms with Crippen LogP contribution in [-0.4, -0.2) is 26.2 Å². The molecule has 0 aliphatic heterocycles. The van der Waals surface area contributed by atoms with Crippen LogP contribution >= 0.6 is 11.6 Å². The summed E-state index contributed by atoms with van der Waals surface area (Å²) in [6.07, 6.45) is 0.698. The van der Waals surface area contributed by atoms with Crippen LogP contribution in [0, 0.1) is 0 Å². The van der Waals surface area contributed by atoms with Crippen LogP contribution in [0.2, 0.25) is 5.02 Å². The van der Waals surface area contributed by atoms with Crippen molar-refractivity contribution in [2.45, 2.75) is 26.0 Å². The predicted molar refractivity (Wildman–Crippen MR) is 71.9 cm³/mol. The molecule has 7 heteroatoms. The Balaban J connectivity index is 2.10. The van der Waals surface area contributed by atoms with Gasteiger partial charge in [-0.25, -0.2) is 0 Å². The van der Waals surface area contributed by atoms with Crippen molar-refractivity contribution in [1.82, 2.24) is 20.2 Å². The van der Waals surface area contributed by atoms with Gasteiger partial charge >= 0.3 is 0 Å². The number of benzene rings is 1. The first-order valence-corrected chi connectivity index (χ1v) is 6.32. The van der Waals surface area contributed by atoms with E-state index in [9.17, 15) is 0 Å². The lowest BCUT2D eigenvalue weighted by molar-refractivity contribution is 0.292. The first-order valence-electron chi connectivity index (χ1n) is 5.94. The van der Waals surface area contributed by atoms with Gasteiger partial charge in [0.1, 0.15) is 5.75 Å². The molecule has 19 heavy (non-hydrogen) atoms. The Labute approximate surface area is 116 Å². The van der Waals surface area contributed by atoms with E-state index in [2.05, 4.69) is 15.4 Å². The van der Waals surface area contributed by atoms with Gasteiger partial charge in [-0.3, -0.25) is 0 Å². The van der Waals surface area contributed by atoms with E-state index in [4.69, 9.17) is 22.1 Å². The van der Waals surface area contributed by atoms with Gasteiger partial charge in [-0.05, 0) is 42.3 Å². The summed E-state index contributed by atoms with van der Waals surface area (Å²) in [5.41, 5.74) is 6.80. The van der Waals surface area contributed by atoms with Crippen molar-refractivity contribution in [3.05, 3.63) is 34.6 Å². The maximum Gasteiger partial charge on any atom is 0.212 e. The van der Waals surface area contributed by atoms with Gasteiger partial charge in [-0.1, -0.05) is 11.6 Å². The van der Waals surface area contributed by atoms with Crippen LogP contribution in [0.4, 0.5) is 0 Å². The van der Waals surface area contributed by atoms with Gasteiger partial charge in [-0.15, -0.1) is 10.2 Å². The van der Waals surface area contributed by atoms with Crippen molar-refractivity contribution in [1.29, 1.82) is 0 Å². The molecule has 0 fully saturated rings. The average Bonchev–Trinajstić information content (AvgIpc) is 2.73. The SMILES string of the molecule is CC(N)Cc1cc(Cl)ccc1OCc1nnn(C)n1. The Kier molecular flexibility index (Phi) is 4.34. The molecule has 102 valence electrons. The Hall–Kier alpha value is -1.66. The zero-order valence-electron chi connectivity index (χ0n) is 10.9. The van der Waals surface area contributed by atoms with Gasteiger partial charge in [-0.2, -0.15) is 4.80 Å². The monoisotopic (exact) mass is 281 g/mol. The zero-order valence-corrected chi connectivity index (χ0v) is 11.6. The molecule has 0 saturated carbocycles. The highest BCUT2D eigenvalue weighted by molar-refractivity contribution is 6.30. The summed E-state index contributed by atoms with van der Waals surface area (Å²) >= 11 is 5.99. The summed E-state index contributed by atoms with van der Waals surface area (Å²) < 4.78 is 5.70. The summed E-state index contributed by atoms with van der Waals surface area (Å²) in [5, 5.41) is 12.3. The van der Waals surface area contributed by atoms with Crippen LogP contribution in [0.1, 0.15) is 18.3 Å². The fourth-order valence-electron chi connectivity index (χ4n) is 1.72. The number of tetrazole rings is 1. The normalized spacial score (nSPS) is 12.4. The third-order valence-electron chi connectivity index (χ3n) is 2.47. The van der Waals surface area contributed by atoms with Crippen LogP contribution in [-0.2, 0) is 20.1 Å². The second kappa shape index (κ2) is 5.99.